The number of aryl methyl sites for hydroxylation is 1. The summed E-state index contributed by atoms with van der Waals surface area (Å²) in [4.78, 5) is 16.0. The number of carbonyl (C=O) groups excluding carboxylic acids is 1. The molecule has 0 aliphatic rings. The number of nitrogens with zero attached hydrogens (tertiary/aromatic N) is 1. The third-order valence-corrected chi connectivity index (χ3v) is 2.74. The largest absolute Gasteiger partial charge is 0.349 e. The lowest BCUT2D eigenvalue weighted by Gasteiger charge is -2.21. The lowest BCUT2D eigenvalue weighted by Crippen LogP contribution is -2.40. The van der Waals surface area contributed by atoms with Crippen molar-refractivity contribution in [1.29, 1.82) is 0 Å². The van der Waals surface area contributed by atoms with Crippen molar-refractivity contribution in [3.8, 4) is 0 Å². The van der Waals surface area contributed by atoms with Gasteiger partial charge in [0.25, 0.3) is 5.91 Å². The van der Waals surface area contributed by atoms with Crippen LogP contribution < -0.4 is 11.1 Å². The molecule has 0 fully saturated rings. The van der Waals surface area contributed by atoms with Gasteiger partial charge in [-0.1, -0.05) is 13.8 Å². The summed E-state index contributed by atoms with van der Waals surface area (Å²) in [5.74, 6) is 0.300. The Balaban J connectivity index is 2.70. The van der Waals surface area contributed by atoms with E-state index in [1.807, 2.05) is 13.0 Å². The predicted molar refractivity (Wildman–Crippen MR) is 68.7 cm³/mol. The van der Waals surface area contributed by atoms with Gasteiger partial charge in [0.1, 0.15) is 0 Å². The first kappa shape index (κ1) is 13.6. The fraction of sp³-hybridized carbons (Fsp3) is 0.538. The van der Waals surface area contributed by atoms with Gasteiger partial charge in [0.05, 0.1) is 5.56 Å². The first-order valence-corrected chi connectivity index (χ1v) is 5.97. The minimum Gasteiger partial charge on any atom is -0.349 e. The monoisotopic (exact) mass is 235 g/mol. The van der Waals surface area contributed by atoms with Gasteiger partial charge >= 0.3 is 0 Å². The van der Waals surface area contributed by atoms with Gasteiger partial charge in [0.2, 0.25) is 0 Å². The number of hydrogen-bond donors (Lipinski definition) is 2. The van der Waals surface area contributed by atoms with Crippen molar-refractivity contribution >= 4 is 5.91 Å². The normalized spacial score (nSPS) is 12.5. The molecule has 0 radical (unpaired) electrons. The van der Waals surface area contributed by atoms with Crippen molar-refractivity contribution in [2.24, 2.45) is 11.7 Å². The average molecular weight is 235 g/mol. The van der Waals surface area contributed by atoms with E-state index in [1.165, 1.54) is 0 Å². The first-order valence-electron chi connectivity index (χ1n) is 5.97. The Bertz CT molecular complexity index is 377. The fourth-order valence-electron chi connectivity index (χ4n) is 1.68. The number of pyridine rings is 1. The molecule has 17 heavy (non-hydrogen) atoms. The molecule has 1 atom stereocenters. The molecule has 1 heterocycles. The van der Waals surface area contributed by atoms with Crippen LogP contribution in [0, 0.1) is 12.8 Å². The van der Waals surface area contributed by atoms with Crippen LogP contribution in [0.4, 0.5) is 0 Å². The summed E-state index contributed by atoms with van der Waals surface area (Å²) in [6.45, 7) is 6.66. The highest BCUT2D eigenvalue weighted by Gasteiger charge is 2.16. The molecule has 94 valence electrons. The van der Waals surface area contributed by atoms with E-state index in [9.17, 15) is 4.79 Å². The van der Waals surface area contributed by atoms with Gasteiger partial charge in [-0.25, -0.2) is 0 Å². The molecule has 0 aliphatic heterocycles. The van der Waals surface area contributed by atoms with Crippen LogP contribution in [-0.2, 0) is 0 Å². The van der Waals surface area contributed by atoms with Crippen LogP contribution in [-0.4, -0.2) is 23.5 Å². The molecule has 1 amide bonds. The Morgan fingerprint density at radius 2 is 2.18 bits per heavy atom. The summed E-state index contributed by atoms with van der Waals surface area (Å²) in [6, 6.07) is 1.95. The van der Waals surface area contributed by atoms with E-state index in [0.29, 0.717) is 18.0 Å². The van der Waals surface area contributed by atoms with E-state index < -0.39 is 0 Å². The Morgan fingerprint density at radius 3 is 2.71 bits per heavy atom. The Kier molecular flexibility index (Phi) is 5.10. The quantitative estimate of drug-likeness (QED) is 0.812. The van der Waals surface area contributed by atoms with Gasteiger partial charge in [-0.2, -0.15) is 0 Å². The second-order valence-electron chi connectivity index (χ2n) is 4.65. The van der Waals surface area contributed by atoms with Gasteiger partial charge in [0, 0.05) is 18.4 Å². The molecule has 0 saturated heterocycles. The third-order valence-electron chi connectivity index (χ3n) is 2.74. The topological polar surface area (TPSA) is 68.0 Å². The molecule has 1 rings (SSSR count). The van der Waals surface area contributed by atoms with E-state index >= 15 is 0 Å². The lowest BCUT2D eigenvalue weighted by molar-refractivity contribution is 0.0923. The SMILES string of the molecule is Cc1cncc(C(=O)NC(CCN)C(C)C)c1. The van der Waals surface area contributed by atoms with E-state index in [2.05, 4.69) is 24.1 Å². The van der Waals surface area contributed by atoms with Crippen LogP contribution >= 0.6 is 0 Å². The maximum absolute atomic E-state index is 12.0. The molecular weight excluding hydrogens is 214 g/mol. The minimum atomic E-state index is -0.0756. The summed E-state index contributed by atoms with van der Waals surface area (Å²) in [5, 5.41) is 3.00. The fourth-order valence-corrected chi connectivity index (χ4v) is 1.68. The summed E-state index contributed by atoms with van der Waals surface area (Å²) >= 11 is 0. The van der Waals surface area contributed by atoms with Gasteiger partial charge in [-0.05, 0) is 37.4 Å². The van der Waals surface area contributed by atoms with Crippen molar-refractivity contribution < 1.29 is 4.79 Å². The second kappa shape index (κ2) is 6.35. The van der Waals surface area contributed by atoms with E-state index in [-0.39, 0.29) is 11.9 Å². The average Bonchev–Trinajstić information content (AvgIpc) is 2.28. The number of rotatable bonds is 5. The molecular formula is C13H21N3O. The van der Waals surface area contributed by atoms with Crippen LogP contribution in [0.2, 0.25) is 0 Å². The predicted octanol–water partition coefficient (Wildman–Crippen LogP) is 1.49. The molecule has 0 spiro atoms. The van der Waals surface area contributed by atoms with Crippen LogP contribution in [0.3, 0.4) is 0 Å². The van der Waals surface area contributed by atoms with Crippen molar-refractivity contribution in [2.45, 2.75) is 33.2 Å². The van der Waals surface area contributed by atoms with Crippen LogP contribution in [0.1, 0.15) is 36.2 Å². The van der Waals surface area contributed by atoms with Crippen molar-refractivity contribution in [3.63, 3.8) is 0 Å². The maximum atomic E-state index is 12.0. The van der Waals surface area contributed by atoms with Crippen LogP contribution in [0.5, 0.6) is 0 Å². The maximum Gasteiger partial charge on any atom is 0.253 e. The van der Waals surface area contributed by atoms with E-state index in [1.54, 1.807) is 12.4 Å². The molecule has 3 N–H and O–H groups in total. The third kappa shape index (κ3) is 4.15. The van der Waals surface area contributed by atoms with Crippen LogP contribution in [0.25, 0.3) is 0 Å². The lowest BCUT2D eigenvalue weighted by atomic mass is 10.0. The highest BCUT2D eigenvalue weighted by Crippen LogP contribution is 2.07. The van der Waals surface area contributed by atoms with Gasteiger partial charge < -0.3 is 11.1 Å². The molecule has 0 bridgehead atoms. The first-order chi connectivity index (χ1) is 8.04. The standard InChI is InChI=1S/C13H21N3O/c1-9(2)12(4-5-14)16-13(17)11-6-10(3)7-15-8-11/h6-9,12H,4-5,14H2,1-3H3,(H,16,17). The molecule has 4 nitrogen and oxygen atoms in total. The van der Waals surface area contributed by atoms with Crippen molar-refractivity contribution in [3.05, 3.63) is 29.6 Å². The molecule has 1 aromatic heterocycles. The zero-order valence-corrected chi connectivity index (χ0v) is 10.7. The second-order valence-corrected chi connectivity index (χ2v) is 4.65. The highest BCUT2D eigenvalue weighted by molar-refractivity contribution is 5.94. The Morgan fingerprint density at radius 1 is 1.47 bits per heavy atom. The number of nitrogens with one attached hydrogen (secondary N) is 1. The zero-order chi connectivity index (χ0) is 12.8. The number of aromatic nitrogens is 1. The molecule has 0 saturated carbocycles. The number of amides is 1. The summed E-state index contributed by atoms with van der Waals surface area (Å²) < 4.78 is 0. The van der Waals surface area contributed by atoms with Gasteiger partial charge in [-0.15, -0.1) is 0 Å². The Labute approximate surface area is 103 Å². The minimum absolute atomic E-state index is 0.0756. The van der Waals surface area contributed by atoms with Crippen molar-refractivity contribution in [1.82, 2.24) is 10.3 Å². The molecule has 1 aromatic rings. The summed E-state index contributed by atoms with van der Waals surface area (Å²) in [7, 11) is 0. The number of carbonyl (C=O) groups is 1. The van der Waals surface area contributed by atoms with Gasteiger partial charge in [-0.3, -0.25) is 9.78 Å². The summed E-state index contributed by atoms with van der Waals surface area (Å²) in [6.07, 6.45) is 4.11. The number of nitrogens with two attached hydrogens (primary N) is 1. The van der Waals surface area contributed by atoms with Crippen LogP contribution in [0.15, 0.2) is 18.5 Å². The smallest absolute Gasteiger partial charge is 0.253 e. The molecule has 4 heteroatoms. The van der Waals surface area contributed by atoms with Crippen molar-refractivity contribution in [2.75, 3.05) is 6.54 Å². The summed E-state index contributed by atoms with van der Waals surface area (Å²) in [5.41, 5.74) is 7.13. The molecule has 1 unspecified atom stereocenters. The number of hydrogen-bond acceptors (Lipinski definition) is 3. The molecule has 0 aromatic carbocycles. The highest BCUT2D eigenvalue weighted by atomic mass is 16.1. The van der Waals surface area contributed by atoms with Gasteiger partial charge in [0.15, 0.2) is 0 Å². The Hall–Kier alpha value is -1.42. The van der Waals surface area contributed by atoms with E-state index in [0.717, 1.165) is 12.0 Å². The van der Waals surface area contributed by atoms with E-state index in [4.69, 9.17) is 5.73 Å². The molecule has 0 aliphatic carbocycles. The zero-order valence-electron chi connectivity index (χ0n) is 10.7.